The monoisotopic (exact) mass is 242 g/mol. The van der Waals surface area contributed by atoms with Crippen LogP contribution in [-0.2, 0) is 10.5 Å². The van der Waals surface area contributed by atoms with E-state index in [-0.39, 0.29) is 5.56 Å². The van der Waals surface area contributed by atoms with Crippen LogP contribution in [0.1, 0.15) is 15.9 Å². The highest BCUT2D eigenvalue weighted by Gasteiger charge is 2.20. The van der Waals surface area contributed by atoms with Gasteiger partial charge < -0.3 is 9.84 Å². The Morgan fingerprint density at radius 2 is 2.31 bits per heavy atom. The molecule has 1 aliphatic rings. The second-order valence-corrected chi connectivity index (χ2v) is 4.87. The fourth-order valence-electron chi connectivity index (χ4n) is 1.39. The van der Waals surface area contributed by atoms with Crippen molar-refractivity contribution in [3.63, 3.8) is 0 Å². The summed E-state index contributed by atoms with van der Waals surface area (Å²) in [6, 6.07) is 3.89. The number of carbonyl (C=O) groups is 1. The number of aromatic carboxylic acids is 1. The zero-order chi connectivity index (χ0) is 11.5. The molecule has 16 heavy (non-hydrogen) atoms. The first-order valence-electron chi connectivity index (χ1n) is 4.88. The van der Waals surface area contributed by atoms with Gasteiger partial charge in [0.25, 0.3) is 0 Å². The first kappa shape index (κ1) is 11.4. The lowest BCUT2D eigenvalue weighted by atomic mass is 10.1. The quantitative estimate of drug-likeness (QED) is 0.878. The van der Waals surface area contributed by atoms with Crippen molar-refractivity contribution >= 4 is 17.7 Å². The molecule has 0 atom stereocenters. The number of ether oxygens (including phenoxy) is 1. The summed E-state index contributed by atoms with van der Waals surface area (Å²) in [7, 11) is 0. The van der Waals surface area contributed by atoms with E-state index in [1.54, 1.807) is 11.8 Å². The predicted octanol–water partition coefficient (Wildman–Crippen LogP) is 2.16. The highest BCUT2D eigenvalue weighted by atomic mass is 32.2. The van der Waals surface area contributed by atoms with Gasteiger partial charge >= 0.3 is 5.97 Å². The van der Waals surface area contributed by atoms with E-state index >= 15 is 0 Å². The first-order chi connectivity index (χ1) is 7.66. The molecule has 1 aliphatic heterocycles. The lowest BCUT2D eigenvalue weighted by Crippen LogP contribution is -2.30. The van der Waals surface area contributed by atoms with E-state index in [9.17, 15) is 9.18 Å². The van der Waals surface area contributed by atoms with Crippen molar-refractivity contribution in [2.75, 3.05) is 13.2 Å². The van der Waals surface area contributed by atoms with Crippen molar-refractivity contribution in [2.24, 2.45) is 0 Å². The molecule has 1 fully saturated rings. The number of hydrogen-bond acceptors (Lipinski definition) is 3. The molecule has 1 N–H and O–H groups in total. The first-order valence-corrected chi connectivity index (χ1v) is 5.93. The maximum atomic E-state index is 12.9. The normalized spacial score (nSPS) is 15.8. The van der Waals surface area contributed by atoms with Gasteiger partial charge in [0.2, 0.25) is 0 Å². The molecule has 2 rings (SSSR count). The third-order valence-corrected chi connectivity index (χ3v) is 3.61. The van der Waals surface area contributed by atoms with E-state index in [2.05, 4.69) is 0 Å². The van der Waals surface area contributed by atoms with Gasteiger partial charge in [0, 0.05) is 5.75 Å². The van der Waals surface area contributed by atoms with Crippen molar-refractivity contribution in [3.8, 4) is 0 Å². The van der Waals surface area contributed by atoms with Crippen LogP contribution in [0.25, 0.3) is 0 Å². The van der Waals surface area contributed by atoms with Crippen molar-refractivity contribution < 1.29 is 19.0 Å². The molecule has 0 saturated carbocycles. The van der Waals surface area contributed by atoms with Crippen LogP contribution in [0.15, 0.2) is 18.2 Å². The Bertz CT molecular complexity index is 404. The van der Waals surface area contributed by atoms with Gasteiger partial charge in [-0.05, 0) is 17.7 Å². The molecule has 0 aliphatic carbocycles. The van der Waals surface area contributed by atoms with Gasteiger partial charge in [-0.3, -0.25) is 0 Å². The van der Waals surface area contributed by atoms with Gasteiger partial charge in [0.05, 0.1) is 24.0 Å². The number of carboxylic acids is 1. The van der Waals surface area contributed by atoms with E-state index in [4.69, 9.17) is 9.84 Å². The van der Waals surface area contributed by atoms with Crippen molar-refractivity contribution in [1.29, 1.82) is 0 Å². The van der Waals surface area contributed by atoms with Crippen LogP contribution in [-0.4, -0.2) is 29.5 Å². The van der Waals surface area contributed by atoms with Gasteiger partial charge in [-0.15, -0.1) is 11.8 Å². The SMILES string of the molecule is O=C(O)c1cc(F)ccc1CSC1COC1. The van der Waals surface area contributed by atoms with Gasteiger partial charge in [-0.2, -0.15) is 0 Å². The van der Waals surface area contributed by atoms with Crippen molar-refractivity contribution in [3.05, 3.63) is 35.1 Å². The Balaban J connectivity index is 2.08. The Kier molecular flexibility index (Phi) is 3.46. The maximum Gasteiger partial charge on any atom is 0.336 e. The third-order valence-electron chi connectivity index (χ3n) is 2.38. The summed E-state index contributed by atoms with van der Waals surface area (Å²) in [4.78, 5) is 10.9. The predicted molar refractivity (Wildman–Crippen MR) is 59.3 cm³/mol. The fraction of sp³-hybridized carbons (Fsp3) is 0.364. The summed E-state index contributed by atoms with van der Waals surface area (Å²) in [5.41, 5.74) is 0.707. The third kappa shape index (κ3) is 2.54. The van der Waals surface area contributed by atoms with Crippen LogP contribution in [0.2, 0.25) is 0 Å². The summed E-state index contributed by atoms with van der Waals surface area (Å²) in [5.74, 6) is -1.02. The molecule has 1 aromatic carbocycles. The topological polar surface area (TPSA) is 46.5 Å². The number of carboxylic acid groups (broad SMARTS) is 1. The zero-order valence-electron chi connectivity index (χ0n) is 8.48. The molecular formula is C11H11FO3S. The van der Waals surface area contributed by atoms with E-state index in [1.165, 1.54) is 12.1 Å². The number of hydrogen-bond donors (Lipinski definition) is 1. The number of rotatable bonds is 4. The molecule has 0 radical (unpaired) electrons. The standard InChI is InChI=1S/C11H11FO3S/c12-8-2-1-7(10(3-8)11(13)14)6-16-9-4-15-5-9/h1-3,9H,4-6H2,(H,13,14). The molecule has 5 heteroatoms. The highest BCUT2D eigenvalue weighted by Crippen LogP contribution is 2.25. The highest BCUT2D eigenvalue weighted by molar-refractivity contribution is 7.99. The van der Waals surface area contributed by atoms with Gasteiger partial charge in [0.15, 0.2) is 0 Å². The van der Waals surface area contributed by atoms with Crippen molar-refractivity contribution in [1.82, 2.24) is 0 Å². The van der Waals surface area contributed by atoms with E-state index in [0.29, 0.717) is 29.8 Å². The minimum absolute atomic E-state index is 0.0488. The molecule has 0 spiro atoms. The molecular weight excluding hydrogens is 231 g/mol. The number of thioether (sulfide) groups is 1. The summed E-state index contributed by atoms with van der Waals surface area (Å²) >= 11 is 1.64. The second kappa shape index (κ2) is 4.84. The second-order valence-electron chi connectivity index (χ2n) is 3.58. The van der Waals surface area contributed by atoms with Crippen molar-refractivity contribution in [2.45, 2.75) is 11.0 Å². The van der Waals surface area contributed by atoms with Crippen LogP contribution < -0.4 is 0 Å². The lowest BCUT2D eigenvalue weighted by Gasteiger charge is -2.25. The van der Waals surface area contributed by atoms with Gasteiger partial charge in [0.1, 0.15) is 5.82 Å². The van der Waals surface area contributed by atoms with Crippen LogP contribution >= 0.6 is 11.8 Å². The average molecular weight is 242 g/mol. The van der Waals surface area contributed by atoms with E-state index in [0.717, 1.165) is 6.07 Å². The van der Waals surface area contributed by atoms with E-state index in [1.807, 2.05) is 0 Å². The summed E-state index contributed by atoms with van der Waals surface area (Å²) in [6.45, 7) is 1.43. The molecule has 0 amide bonds. The summed E-state index contributed by atoms with van der Waals surface area (Å²) in [6.07, 6.45) is 0. The molecule has 0 aromatic heterocycles. The lowest BCUT2D eigenvalue weighted by molar-refractivity contribution is 0.0455. The number of halogens is 1. The maximum absolute atomic E-state index is 12.9. The number of benzene rings is 1. The molecule has 1 aromatic rings. The van der Waals surface area contributed by atoms with Crippen LogP contribution in [0.4, 0.5) is 4.39 Å². The average Bonchev–Trinajstić information content (AvgIpc) is 2.17. The van der Waals surface area contributed by atoms with Crippen LogP contribution in [0.3, 0.4) is 0 Å². The van der Waals surface area contributed by atoms with Gasteiger partial charge in [-0.1, -0.05) is 6.07 Å². The molecule has 86 valence electrons. The summed E-state index contributed by atoms with van der Waals surface area (Å²) < 4.78 is 17.9. The van der Waals surface area contributed by atoms with E-state index < -0.39 is 11.8 Å². The Morgan fingerprint density at radius 3 is 2.88 bits per heavy atom. The largest absolute Gasteiger partial charge is 0.478 e. The molecule has 0 bridgehead atoms. The molecule has 3 nitrogen and oxygen atoms in total. The fourth-order valence-corrected chi connectivity index (χ4v) is 2.44. The Hall–Kier alpha value is -1.07. The molecule has 1 heterocycles. The summed E-state index contributed by atoms with van der Waals surface area (Å²) in [5, 5.41) is 9.36. The zero-order valence-corrected chi connectivity index (χ0v) is 9.30. The minimum atomic E-state index is -1.08. The molecule has 1 saturated heterocycles. The van der Waals surface area contributed by atoms with Gasteiger partial charge in [-0.25, -0.2) is 9.18 Å². The van der Waals surface area contributed by atoms with Crippen LogP contribution in [0.5, 0.6) is 0 Å². The molecule has 0 unspecified atom stereocenters. The Labute approximate surface area is 96.6 Å². The van der Waals surface area contributed by atoms with Crippen LogP contribution in [0, 0.1) is 5.82 Å². The minimum Gasteiger partial charge on any atom is -0.478 e. The smallest absolute Gasteiger partial charge is 0.336 e. The Morgan fingerprint density at radius 1 is 1.56 bits per heavy atom.